The van der Waals surface area contributed by atoms with Gasteiger partial charge in [-0.3, -0.25) is 4.98 Å². The molecular weight excluding hydrogens is 593 g/mol. The number of para-hydroxylation sites is 1. The molecule has 0 N–H and O–H groups in total. The molecule has 0 aliphatic carbocycles. The first-order valence-electron chi connectivity index (χ1n) is 16.8. The number of fused-ring (bicyclic) bond motifs is 6. The van der Waals surface area contributed by atoms with E-state index in [2.05, 4.69) is 174 Å². The summed E-state index contributed by atoms with van der Waals surface area (Å²) in [7, 11) is 0. The summed E-state index contributed by atoms with van der Waals surface area (Å²) in [4.78, 5) is 4.74. The van der Waals surface area contributed by atoms with Crippen LogP contribution in [0.4, 0.5) is 0 Å². The quantitative estimate of drug-likeness (QED) is 0.179. The minimum atomic E-state index is 1.03. The van der Waals surface area contributed by atoms with Crippen molar-refractivity contribution in [3.63, 3.8) is 0 Å². The number of hydrogen-bond acceptors (Lipinski definition) is 1. The highest BCUT2D eigenvalue weighted by Crippen LogP contribution is 2.44. The van der Waals surface area contributed by atoms with E-state index in [4.69, 9.17) is 4.98 Å². The fourth-order valence-electron chi connectivity index (χ4n) is 7.81. The molecule has 49 heavy (non-hydrogen) atoms. The maximum Gasteiger partial charge on any atom is 0.0963 e. The van der Waals surface area contributed by atoms with Crippen LogP contribution in [0.1, 0.15) is 0 Å². The van der Waals surface area contributed by atoms with E-state index in [-0.39, 0.29) is 0 Å². The van der Waals surface area contributed by atoms with Crippen LogP contribution < -0.4 is 0 Å². The Morgan fingerprint density at radius 2 is 0.898 bits per heavy atom. The predicted octanol–water partition coefficient (Wildman–Crippen LogP) is 12.6. The van der Waals surface area contributed by atoms with Crippen LogP contribution in [-0.4, -0.2) is 9.55 Å². The van der Waals surface area contributed by atoms with Gasteiger partial charge in [-0.25, -0.2) is 0 Å². The summed E-state index contributed by atoms with van der Waals surface area (Å²) in [6.07, 6.45) is 1.88. The third-order valence-electron chi connectivity index (χ3n) is 10.0. The second-order valence-corrected chi connectivity index (χ2v) is 12.8. The zero-order valence-electron chi connectivity index (χ0n) is 26.7. The standard InChI is InChI=1S/C47H30N2/c1-2-12-33-29-35(23-22-31(33)11-1)34-13-9-14-36(30-34)46-40-17-5-3-15-38(40)45(39-16-4-6-18-41(39)46)32-24-26-37(27-25-32)49-43-20-8-7-19-42(43)47-44(49)21-10-28-48-47/h1-30H. The van der Waals surface area contributed by atoms with Gasteiger partial charge in [0.25, 0.3) is 0 Å². The van der Waals surface area contributed by atoms with Crippen molar-refractivity contribution in [2.45, 2.75) is 0 Å². The van der Waals surface area contributed by atoms with Crippen molar-refractivity contribution >= 4 is 54.3 Å². The van der Waals surface area contributed by atoms with Crippen molar-refractivity contribution in [2.24, 2.45) is 0 Å². The number of nitrogens with zero attached hydrogens (tertiary/aromatic N) is 2. The number of benzene rings is 8. The molecule has 0 atom stereocenters. The molecule has 2 nitrogen and oxygen atoms in total. The van der Waals surface area contributed by atoms with Crippen molar-refractivity contribution < 1.29 is 0 Å². The Kier molecular flexibility index (Phi) is 6.22. The van der Waals surface area contributed by atoms with E-state index in [0.29, 0.717) is 0 Å². The summed E-state index contributed by atoms with van der Waals surface area (Å²) in [5.74, 6) is 0. The van der Waals surface area contributed by atoms with Gasteiger partial charge in [0.15, 0.2) is 0 Å². The normalized spacial score (nSPS) is 11.7. The van der Waals surface area contributed by atoms with Crippen LogP contribution in [0.2, 0.25) is 0 Å². The fourth-order valence-corrected chi connectivity index (χ4v) is 7.81. The third kappa shape index (κ3) is 4.38. The lowest BCUT2D eigenvalue weighted by molar-refractivity contribution is 1.18. The lowest BCUT2D eigenvalue weighted by Crippen LogP contribution is -1.95. The summed E-state index contributed by atoms with van der Waals surface area (Å²) in [5, 5.41) is 8.69. The average Bonchev–Trinajstić information content (AvgIpc) is 3.51. The molecule has 0 amide bonds. The highest BCUT2D eigenvalue weighted by atomic mass is 15.0. The Morgan fingerprint density at radius 3 is 1.63 bits per heavy atom. The van der Waals surface area contributed by atoms with Gasteiger partial charge >= 0.3 is 0 Å². The van der Waals surface area contributed by atoms with E-state index in [1.165, 1.54) is 71.1 Å². The highest BCUT2D eigenvalue weighted by Gasteiger charge is 2.18. The number of aromatic nitrogens is 2. The summed E-state index contributed by atoms with van der Waals surface area (Å²) in [5.41, 5.74) is 11.8. The molecule has 0 aliphatic rings. The zero-order chi connectivity index (χ0) is 32.3. The van der Waals surface area contributed by atoms with Crippen LogP contribution in [0.25, 0.3) is 93.3 Å². The fraction of sp³-hybridized carbons (Fsp3) is 0. The molecular formula is C47H30N2. The Morgan fingerprint density at radius 1 is 0.347 bits per heavy atom. The number of pyridine rings is 1. The van der Waals surface area contributed by atoms with Crippen LogP contribution in [-0.2, 0) is 0 Å². The highest BCUT2D eigenvalue weighted by molar-refractivity contribution is 6.21. The Balaban J connectivity index is 1.15. The van der Waals surface area contributed by atoms with E-state index in [1.807, 2.05) is 12.3 Å². The van der Waals surface area contributed by atoms with Gasteiger partial charge in [-0.2, -0.15) is 0 Å². The summed E-state index contributed by atoms with van der Waals surface area (Å²) < 4.78 is 2.32. The molecule has 0 unspecified atom stereocenters. The molecule has 0 spiro atoms. The molecule has 0 saturated heterocycles. The zero-order valence-corrected chi connectivity index (χ0v) is 26.7. The minimum Gasteiger partial charge on any atom is -0.308 e. The van der Waals surface area contributed by atoms with Gasteiger partial charge in [-0.15, -0.1) is 0 Å². The third-order valence-corrected chi connectivity index (χ3v) is 10.0. The van der Waals surface area contributed by atoms with Crippen LogP contribution in [0.5, 0.6) is 0 Å². The lowest BCUT2D eigenvalue weighted by atomic mass is 9.85. The second-order valence-electron chi connectivity index (χ2n) is 12.8. The smallest absolute Gasteiger partial charge is 0.0963 e. The molecule has 10 rings (SSSR count). The number of rotatable bonds is 4. The molecule has 2 aromatic heterocycles. The Hall–Kier alpha value is -6.51. The molecule has 2 heterocycles. The summed E-state index contributed by atoms with van der Waals surface area (Å²) >= 11 is 0. The van der Waals surface area contributed by atoms with Gasteiger partial charge in [-0.1, -0.05) is 133 Å². The van der Waals surface area contributed by atoms with Crippen LogP contribution in [0, 0.1) is 0 Å². The maximum absolute atomic E-state index is 4.74. The van der Waals surface area contributed by atoms with Gasteiger partial charge in [-0.05, 0) is 108 Å². The molecule has 0 aliphatic heterocycles. The second kappa shape index (κ2) is 11.0. The minimum absolute atomic E-state index is 1.03. The van der Waals surface area contributed by atoms with E-state index in [0.717, 1.165) is 22.2 Å². The molecule has 2 heteroatoms. The summed E-state index contributed by atoms with van der Waals surface area (Å²) in [6.45, 7) is 0. The summed E-state index contributed by atoms with van der Waals surface area (Å²) in [6, 6.07) is 63.9. The number of hydrogen-bond donors (Lipinski definition) is 0. The van der Waals surface area contributed by atoms with Crippen LogP contribution in [0.15, 0.2) is 182 Å². The molecule has 0 saturated carbocycles. The molecule has 8 aromatic carbocycles. The Labute approximate surface area is 284 Å². The van der Waals surface area contributed by atoms with E-state index < -0.39 is 0 Å². The SMILES string of the molecule is c1cc(-c2ccc3ccccc3c2)cc(-c2c3ccccc3c(-c3ccc(-n4c5ccccc5c5ncccc54)cc3)c3ccccc23)c1. The predicted molar refractivity (Wildman–Crippen MR) is 207 cm³/mol. The van der Waals surface area contributed by atoms with E-state index in [1.54, 1.807) is 0 Å². The van der Waals surface area contributed by atoms with Gasteiger partial charge in [0.1, 0.15) is 0 Å². The Bertz CT molecular complexity index is 2770. The molecule has 0 fully saturated rings. The monoisotopic (exact) mass is 622 g/mol. The van der Waals surface area contributed by atoms with Crippen LogP contribution >= 0.6 is 0 Å². The van der Waals surface area contributed by atoms with Gasteiger partial charge in [0.05, 0.1) is 16.6 Å². The first-order chi connectivity index (χ1) is 24.3. The van der Waals surface area contributed by atoms with Crippen molar-refractivity contribution in [3.05, 3.63) is 182 Å². The van der Waals surface area contributed by atoms with Crippen molar-refractivity contribution in [1.82, 2.24) is 9.55 Å². The van der Waals surface area contributed by atoms with Crippen LogP contribution in [0.3, 0.4) is 0 Å². The van der Waals surface area contributed by atoms with E-state index >= 15 is 0 Å². The largest absolute Gasteiger partial charge is 0.308 e. The van der Waals surface area contributed by atoms with E-state index in [9.17, 15) is 0 Å². The first-order valence-corrected chi connectivity index (χ1v) is 16.8. The molecule has 0 radical (unpaired) electrons. The topological polar surface area (TPSA) is 17.8 Å². The average molecular weight is 623 g/mol. The molecule has 10 aromatic rings. The van der Waals surface area contributed by atoms with Gasteiger partial charge in [0.2, 0.25) is 0 Å². The first kappa shape index (κ1) is 27.6. The molecule has 0 bridgehead atoms. The van der Waals surface area contributed by atoms with Crippen molar-refractivity contribution in [2.75, 3.05) is 0 Å². The van der Waals surface area contributed by atoms with Gasteiger partial charge < -0.3 is 4.57 Å². The van der Waals surface area contributed by atoms with Crippen molar-refractivity contribution in [3.8, 4) is 39.1 Å². The lowest BCUT2D eigenvalue weighted by Gasteiger charge is -2.18. The molecule has 228 valence electrons. The van der Waals surface area contributed by atoms with Crippen molar-refractivity contribution in [1.29, 1.82) is 0 Å². The maximum atomic E-state index is 4.74. The van der Waals surface area contributed by atoms with Gasteiger partial charge in [0, 0.05) is 17.3 Å².